The Morgan fingerprint density at radius 2 is 1.86 bits per heavy atom. The molecule has 0 fully saturated rings. The Bertz CT molecular complexity index is 1460. The van der Waals surface area contributed by atoms with Gasteiger partial charge in [0.1, 0.15) is 16.7 Å². The van der Waals surface area contributed by atoms with Crippen LogP contribution in [0.25, 0.3) is 26.3 Å². The molecule has 0 aliphatic rings. The number of aromatic amines is 2. The number of nitrogens with zero attached hydrogens (tertiary/aromatic N) is 2. The number of aryl methyl sites for hydroxylation is 1. The molecule has 0 atom stereocenters. The first-order valence-corrected chi connectivity index (χ1v) is 9.84. The highest BCUT2D eigenvalue weighted by Crippen LogP contribution is 2.21. The van der Waals surface area contributed by atoms with Crippen LogP contribution in [0.15, 0.2) is 64.2 Å². The fraction of sp³-hybridized carbons (Fsp3) is 0.0952. The Morgan fingerprint density at radius 1 is 1.10 bits per heavy atom. The van der Waals surface area contributed by atoms with Crippen LogP contribution in [0.3, 0.4) is 0 Å². The molecule has 3 aromatic heterocycles. The predicted molar refractivity (Wildman–Crippen MR) is 110 cm³/mol. The highest BCUT2D eigenvalue weighted by Gasteiger charge is 2.22. The number of thiazole rings is 1. The first-order valence-electron chi connectivity index (χ1n) is 9.02. The molecule has 3 heterocycles. The zero-order valence-electron chi connectivity index (χ0n) is 15.4. The van der Waals surface area contributed by atoms with Crippen molar-refractivity contribution in [1.82, 2.24) is 14.3 Å². The van der Waals surface area contributed by atoms with Crippen molar-refractivity contribution < 1.29 is 9.37 Å². The van der Waals surface area contributed by atoms with E-state index in [2.05, 4.69) is 10.1 Å². The molecule has 5 rings (SSSR count). The number of hydrogen-bond donors (Lipinski definition) is 1. The maximum atomic E-state index is 13.2. The van der Waals surface area contributed by atoms with Gasteiger partial charge in [0.05, 0.1) is 16.8 Å². The van der Waals surface area contributed by atoms with Gasteiger partial charge in [-0.1, -0.05) is 28.9 Å². The van der Waals surface area contributed by atoms with E-state index in [1.165, 1.54) is 38.8 Å². The lowest BCUT2D eigenvalue weighted by atomic mass is 10.2. The summed E-state index contributed by atoms with van der Waals surface area (Å²) in [6.45, 7) is 2.02. The summed E-state index contributed by atoms with van der Waals surface area (Å²) in [7, 11) is 0. The number of H-pyrrole nitrogens is 2. The van der Waals surface area contributed by atoms with Crippen molar-refractivity contribution in [3.63, 3.8) is 0 Å². The molecule has 29 heavy (non-hydrogen) atoms. The molecule has 0 saturated carbocycles. The van der Waals surface area contributed by atoms with E-state index in [9.17, 15) is 14.0 Å². The molecular formula is C21H16FN4O2S+. The Hall–Kier alpha value is -3.52. The summed E-state index contributed by atoms with van der Waals surface area (Å²) in [5.74, 6) is -0.332. The maximum Gasteiger partial charge on any atom is 0.369 e. The number of pyridine rings is 1. The number of nitrogens with one attached hydrogen (secondary N) is 2. The van der Waals surface area contributed by atoms with Crippen LogP contribution in [0.5, 0.6) is 0 Å². The number of fused-ring (bicyclic) bond motifs is 2. The van der Waals surface area contributed by atoms with Crippen molar-refractivity contribution in [1.29, 1.82) is 0 Å². The molecule has 144 valence electrons. The molecule has 0 aliphatic heterocycles. The third-order valence-electron chi connectivity index (χ3n) is 5.01. The highest BCUT2D eigenvalue weighted by molar-refractivity contribution is 7.20. The van der Waals surface area contributed by atoms with Gasteiger partial charge in [-0.3, -0.25) is 4.79 Å². The van der Waals surface area contributed by atoms with Crippen LogP contribution in [-0.4, -0.2) is 14.3 Å². The van der Waals surface area contributed by atoms with E-state index in [-0.39, 0.29) is 23.5 Å². The summed E-state index contributed by atoms with van der Waals surface area (Å²) < 4.78 is 17.2. The fourth-order valence-corrected chi connectivity index (χ4v) is 4.49. The van der Waals surface area contributed by atoms with Gasteiger partial charge in [-0.15, -0.1) is 0 Å². The minimum atomic E-state index is -0.332. The van der Waals surface area contributed by atoms with Crippen LogP contribution >= 0.6 is 11.3 Å². The second-order valence-corrected chi connectivity index (χ2v) is 7.88. The van der Waals surface area contributed by atoms with Gasteiger partial charge in [0, 0.05) is 11.8 Å². The molecular weight excluding hydrogens is 391 g/mol. The smallest absolute Gasteiger partial charge is 0.307 e. The molecule has 0 spiro atoms. The monoisotopic (exact) mass is 407 g/mol. The first-order chi connectivity index (χ1) is 14.0. The second-order valence-electron chi connectivity index (χ2n) is 6.85. The standard InChI is InChI=1S/C21H15FN4O2S/c1-12-19-16(10-18(27)25(12)11-13-6-8-14(22)9-7-13)24-26(20(19)28)21-23-15-4-2-3-5-17(15)29-21/h2-10,24H,11H2,1H3/p+1. The minimum Gasteiger partial charge on any atom is -0.307 e. The van der Waals surface area contributed by atoms with Crippen molar-refractivity contribution in [2.24, 2.45) is 0 Å². The Kier molecular flexibility index (Phi) is 3.95. The number of para-hydroxylation sites is 1. The third kappa shape index (κ3) is 2.89. The number of aromatic nitrogens is 4. The van der Waals surface area contributed by atoms with Gasteiger partial charge in [-0.25, -0.2) is 19.3 Å². The minimum absolute atomic E-state index is 0.229. The predicted octanol–water partition coefficient (Wildman–Crippen LogP) is 3.01. The van der Waals surface area contributed by atoms with E-state index < -0.39 is 0 Å². The summed E-state index contributed by atoms with van der Waals surface area (Å²) in [6, 6.07) is 15.2. The third-order valence-corrected chi connectivity index (χ3v) is 6.07. The van der Waals surface area contributed by atoms with E-state index in [0.717, 1.165) is 15.8 Å². The lowest BCUT2D eigenvalue weighted by molar-refractivity contribution is -0.334. The van der Waals surface area contributed by atoms with Crippen LogP contribution in [0.1, 0.15) is 11.3 Å². The SMILES string of the molecule is Cc1c2c(=O)n(-c3[nH+]c4ccccc4s3)[nH]c2cc(=O)n1Cc1ccc(F)cc1. The van der Waals surface area contributed by atoms with Gasteiger partial charge < -0.3 is 4.57 Å². The van der Waals surface area contributed by atoms with E-state index in [4.69, 9.17) is 0 Å². The normalized spacial score (nSPS) is 11.5. The highest BCUT2D eigenvalue weighted by atomic mass is 32.1. The molecule has 6 nitrogen and oxygen atoms in total. The van der Waals surface area contributed by atoms with Gasteiger partial charge in [0.2, 0.25) is 0 Å². The first kappa shape index (κ1) is 17.6. The van der Waals surface area contributed by atoms with Crippen molar-refractivity contribution in [3.8, 4) is 5.13 Å². The summed E-state index contributed by atoms with van der Waals surface area (Å²) >= 11 is 1.45. The topological polar surface area (TPSA) is 73.9 Å². The van der Waals surface area contributed by atoms with Crippen LogP contribution in [0.4, 0.5) is 4.39 Å². The lowest BCUT2D eigenvalue weighted by Crippen LogP contribution is -2.24. The summed E-state index contributed by atoms with van der Waals surface area (Å²) in [5, 5.41) is 4.14. The van der Waals surface area contributed by atoms with Crippen LogP contribution in [0.2, 0.25) is 0 Å². The summed E-state index contributed by atoms with van der Waals surface area (Å²) in [5.41, 5.74) is 2.31. The Labute approximate surface area is 167 Å². The van der Waals surface area contributed by atoms with E-state index in [0.29, 0.717) is 21.7 Å². The second kappa shape index (κ2) is 6.52. The molecule has 2 aromatic carbocycles. The van der Waals surface area contributed by atoms with Crippen molar-refractivity contribution in [2.45, 2.75) is 13.5 Å². The molecule has 0 saturated heterocycles. The number of benzene rings is 2. The van der Waals surface area contributed by atoms with Crippen molar-refractivity contribution in [3.05, 3.63) is 92.4 Å². The fourth-order valence-electron chi connectivity index (χ4n) is 3.53. The van der Waals surface area contributed by atoms with Crippen LogP contribution < -0.4 is 16.1 Å². The molecule has 0 amide bonds. The lowest BCUT2D eigenvalue weighted by Gasteiger charge is -2.09. The van der Waals surface area contributed by atoms with Gasteiger partial charge in [-0.05, 0) is 48.1 Å². The molecule has 0 unspecified atom stereocenters. The van der Waals surface area contributed by atoms with Crippen LogP contribution in [-0.2, 0) is 6.54 Å². The summed E-state index contributed by atoms with van der Waals surface area (Å²) in [6.07, 6.45) is 0. The van der Waals surface area contributed by atoms with E-state index >= 15 is 0 Å². The number of halogens is 1. The Balaban J connectivity index is 1.67. The van der Waals surface area contributed by atoms with Gasteiger partial charge >= 0.3 is 10.7 Å². The quantitative estimate of drug-likeness (QED) is 0.499. The van der Waals surface area contributed by atoms with Crippen molar-refractivity contribution in [2.75, 3.05) is 0 Å². The number of rotatable bonds is 3. The number of hydrogen-bond acceptors (Lipinski definition) is 3. The van der Waals surface area contributed by atoms with E-state index in [1.807, 2.05) is 24.3 Å². The molecule has 0 radical (unpaired) electrons. The van der Waals surface area contributed by atoms with E-state index in [1.54, 1.807) is 19.1 Å². The average Bonchev–Trinajstić information content (AvgIpc) is 3.27. The molecule has 0 bridgehead atoms. The molecule has 2 N–H and O–H groups in total. The van der Waals surface area contributed by atoms with Gasteiger partial charge in [-0.2, -0.15) is 0 Å². The maximum absolute atomic E-state index is 13.2. The Morgan fingerprint density at radius 3 is 2.62 bits per heavy atom. The summed E-state index contributed by atoms with van der Waals surface area (Å²) in [4.78, 5) is 29.1. The van der Waals surface area contributed by atoms with Crippen LogP contribution in [0, 0.1) is 12.7 Å². The van der Waals surface area contributed by atoms with Gasteiger partial charge in [0.15, 0.2) is 0 Å². The average molecular weight is 407 g/mol. The van der Waals surface area contributed by atoms with Crippen molar-refractivity contribution >= 4 is 32.5 Å². The zero-order valence-corrected chi connectivity index (χ0v) is 16.2. The van der Waals surface area contributed by atoms with Gasteiger partial charge in [0.25, 0.3) is 5.56 Å². The molecule has 8 heteroatoms. The zero-order chi connectivity index (χ0) is 20.1. The largest absolute Gasteiger partial charge is 0.369 e. The molecule has 5 aromatic rings. The molecule has 0 aliphatic carbocycles.